The number of benzene rings is 2. The third-order valence-electron chi connectivity index (χ3n) is 2.65. The Hall–Kier alpha value is -1.23. The Labute approximate surface area is 135 Å². The highest BCUT2D eigenvalue weighted by Gasteiger charge is 2.12. The molecule has 0 unspecified atom stereocenters. The molecule has 1 amide bonds. The minimum atomic E-state index is -0.182. The average Bonchev–Trinajstić information content (AvgIpc) is 2.42. The van der Waals surface area contributed by atoms with Crippen LogP contribution in [0.5, 0.6) is 0 Å². The highest BCUT2D eigenvalue weighted by Crippen LogP contribution is 2.31. The van der Waals surface area contributed by atoms with Crippen LogP contribution in [0.3, 0.4) is 0 Å². The molecule has 0 aromatic heterocycles. The molecule has 104 valence electrons. The molecule has 0 bridgehead atoms. The predicted octanol–water partition coefficient (Wildman–Crippen LogP) is 4.86. The van der Waals surface area contributed by atoms with E-state index in [2.05, 4.69) is 26.6 Å². The topological polar surface area (TPSA) is 41.1 Å². The van der Waals surface area contributed by atoms with Crippen molar-refractivity contribution in [1.29, 1.82) is 0 Å². The van der Waals surface area contributed by atoms with Crippen molar-refractivity contribution in [2.45, 2.75) is 0 Å². The van der Waals surface area contributed by atoms with E-state index in [1.165, 1.54) is 0 Å². The van der Waals surface area contributed by atoms with Crippen LogP contribution in [0.25, 0.3) is 0 Å². The number of hydrogen-bond donors (Lipinski definition) is 2. The third-order valence-corrected chi connectivity index (χ3v) is 3.71. The van der Waals surface area contributed by atoms with Gasteiger partial charge >= 0.3 is 0 Å². The van der Waals surface area contributed by atoms with Gasteiger partial charge < -0.3 is 10.6 Å². The second-order valence-electron chi connectivity index (χ2n) is 4.02. The van der Waals surface area contributed by atoms with Crippen LogP contribution >= 0.6 is 39.1 Å². The van der Waals surface area contributed by atoms with Crippen molar-refractivity contribution in [2.24, 2.45) is 0 Å². The molecule has 0 heterocycles. The van der Waals surface area contributed by atoms with Crippen molar-refractivity contribution in [3.8, 4) is 0 Å². The minimum Gasteiger partial charge on any atom is -0.355 e. The Morgan fingerprint density at radius 2 is 1.85 bits per heavy atom. The van der Waals surface area contributed by atoms with Crippen LogP contribution in [0.15, 0.2) is 40.9 Å². The van der Waals surface area contributed by atoms with E-state index >= 15 is 0 Å². The molecule has 0 aliphatic carbocycles. The number of nitrogens with one attached hydrogen (secondary N) is 2. The van der Waals surface area contributed by atoms with Crippen molar-refractivity contribution in [3.05, 3.63) is 56.5 Å². The van der Waals surface area contributed by atoms with Crippen LogP contribution in [0.2, 0.25) is 10.0 Å². The molecule has 0 aliphatic heterocycles. The molecule has 2 rings (SSSR count). The van der Waals surface area contributed by atoms with Crippen LogP contribution in [-0.2, 0) is 0 Å². The lowest BCUT2D eigenvalue weighted by atomic mass is 10.1. The van der Waals surface area contributed by atoms with Crippen LogP contribution in [0, 0.1) is 0 Å². The first-order valence-electron chi connectivity index (χ1n) is 5.75. The van der Waals surface area contributed by atoms with E-state index in [1.807, 2.05) is 6.07 Å². The van der Waals surface area contributed by atoms with Gasteiger partial charge in [0.05, 0.1) is 22.0 Å². The van der Waals surface area contributed by atoms with Gasteiger partial charge in [-0.2, -0.15) is 0 Å². The summed E-state index contributed by atoms with van der Waals surface area (Å²) < 4.78 is 0.853. The number of anilines is 2. The molecule has 0 atom stereocenters. The molecule has 6 heteroatoms. The lowest BCUT2D eigenvalue weighted by molar-refractivity contribution is 0.0964. The van der Waals surface area contributed by atoms with Gasteiger partial charge in [-0.3, -0.25) is 4.79 Å². The van der Waals surface area contributed by atoms with Crippen LogP contribution in [-0.4, -0.2) is 13.0 Å². The van der Waals surface area contributed by atoms with Gasteiger partial charge in [-0.15, -0.1) is 0 Å². The summed E-state index contributed by atoms with van der Waals surface area (Å²) in [7, 11) is 1.58. The minimum absolute atomic E-state index is 0.182. The van der Waals surface area contributed by atoms with E-state index in [0.717, 1.165) is 4.47 Å². The van der Waals surface area contributed by atoms with Gasteiger partial charge in [-0.1, -0.05) is 39.1 Å². The summed E-state index contributed by atoms with van der Waals surface area (Å²) in [5.74, 6) is -0.182. The molecule has 0 saturated carbocycles. The summed E-state index contributed by atoms with van der Waals surface area (Å²) >= 11 is 15.5. The highest BCUT2D eigenvalue weighted by molar-refractivity contribution is 9.10. The molecule has 20 heavy (non-hydrogen) atoms. The fourth-order valence-electron chi connectivity index (χ4n) is 1.69. The van der Waals surface area contributed by atoms with Crippen molar-refractivity contribution in [2.75, 3.05) is 12.4 Å². The Balaban J connectivity index is 2.44. The smallest absolute Gasteiger partial charge is 0.253 e. The summed E-state index contributed by atoms with van der Waals surface area (Å²) in [6, 6.07) is 10.4. The lowest BCUT2D eigenvalue weighted by Crippen LogP contribution is -2.19. The van der Waals surface area contributed by atoms with E-state index in [0.29, 0.717) is 27.0 Å². The van der Waals surface area contributed by atoms with E-state index in [4.69, 9.17) is 23.2 Å². The highest BCUT2D eigenvalue weighted by atomic mass is 79.9. The molecule has 0 saturated heterocycles. The number of carbonyl (C=O) groups is 1. The molecule has 2 aromatic carbocycles. The molecule has 0 aliphatic rings. The Morgan fingerprint density at radius 3 is 2.55 bits per heavy atom. The fourth-order valence-corrected chi connectivity index (χ4v) is 2.39. The van der Waals surface area contributed by atoms with Crippen molar-refractivity contribution < 1.29 is 4.79 Å². The van der Waals surface area contributed by atoms with E-state index < -0.39 is 0 Å². The molecular formula is C14H11BrCl2N2O. The van der Waals surface area contributed by atoms with Crippen molar-refractivity contribution in [3.63, 3.8) is 0 Å². The summed E-state index contributed by atoms with van der Waals surface area (Å²) in [5, 5.41) is 6.82. The first kappa shape index (κ1) is 15.2. The summed E-state index contributed by atoms with van der Waals surface area (Å²) in [4.78, 5) is 11.9. The maximum absolute atomic E-state index is 11.9. The fraction of sp³-hybridized carbons (Fsp3) is 0.0714. The molecule has 3 nitrogen and oxygen atoms in total. The largest absolute Gasteiger partial charge is 0.355 e. The van der Waals surface area contributed by atoms with Crippen LogP contribution in [0.1, 0.15) is 10.4 Å². The molecule has 0 radical (unpaired) electrons. The first-order valence-corrected chi connectivity index (χ1v) is 7.30. The van der Waals surface area contributed by atoms with Crippen molar-refractivity contribution >= 4 is 56.4 Å². The van der Waals surface area contributed by atoms with Gasteiger partial charge in [0, 0.05) is 16.5 Å². The number of hydrogen-bond acceptors (Lipinski definition) is 2. The zero-order valence-electron chi connectivity index (χ0n) is 10.5. The zero-order chi connectivity index (χ0) is 14.7. The van der Waals surface area contributed by atoms with Gasteiger partial charge in [0.25, 0.3) is 5.91 Å². The summed E-state index contributed by atoms with van der Waals surface area (Å²) in [5.41, 5.74) is 1.80. The maximum atomic E-state index is 11.9. The van der Waals surface area contributed by atoms with Crippen molar-refractivity contribution in [1.82, 2.24) is 5.32 Å². The number of rotatable bonds is 3. The van der Waals surface area contributed by atoms with E-state index in [1.54, 1.807) is 37.4 Å². The normalized spacial score (nSPS) is 10.2. The molecule has 0 fully saturated rings. The lowest BCUT2D eigenvalue weighted by Gasteiger charge is -2.13. The Kier molecular flexibility index (Phi) is 4.91. The third kappa shape index (κ3) is 3.45. The second kappa shape index (κ2) is 6.48. The van der Waals surface area contributed by atoms with Gasteiger partial charge in [-0.05, 0) is 36.4 Å². The number of halogens is 3. The number of carbonyl (C=O) groups excluding carboxylic acids is 1. The summed E-state index contributed by atoms with van der Waals surface area (Å²) in [6.07, 6.45) is 0. The average molecular weight is 374 g/mol. The number of amides is 1. The van der Waals surface area contributed by atoms with E-state index in [9.17, 15) is 4.79 Å². The molecule has 0 spiro atoms. The second-order valence-corrected chi connectivity index (χ2v) is 5.78. The molecule has 2 N–H and O–H groups in total. The standard InChI is InChI=1S/C14H11BrCl2N2O/c1-18-14(20)10-4-2-8(15)6-12(10)19-13-7-9(16)3-5-11(13)17/h2-7,19H,1H3,(H,18,20). The predicted molar refractivity (Wildman–Crippen MR) is 87.3 cm³/mol. The zero-order valence-corrected chi connectivity index (χ0v) is 13.6. The Morgan fingerprint density at radius 1 is 1.10 bits per heavy atom. The quantitative estimate of drug-likeness (QED) is 0.806. The Bertz CT molecular complexity index is 662. The summed E-state index contributed by atoms with van der Waals surface area (Å²) in [6.45, 7) is 0. The first-order chi connectivity index (χ1) is 9.51. The van der Waals surface area contributed by atoms with E-state index in [-0.39, 0.29) is 5.91 Å². The molecule has 2 aromatic rings. The SMILES string of the molecule is CNC(=O)c1ccc(Br)cc1Nc1cc(Cl)ccc1Cl. The van der Waals surface area contributed by atoms with Gasteiger partial charge in [0.15, 0.2) is 0 Å². The molecular weight excluding hydrogens is 363 g/mol. The van der Waals surface area contributed by atoms with Gasteiger partial charge in [0.1, 0.15) is 0 Å². The van der Waals surface area contributed by atoms with Crippen LogP contribution < -0.4 is 10.6 Å². The van der Waals surface area contributed by atoms with Crippen LogP contribution in [0.4, 0.5) is 11.4 Å². The van der Waals surface area contributed by atoms with Gasteiger partial charge in [0.2, 0.25) is 0 Å². The van der Waals surface area contributed by atoms with Gasteiger partial charge in [-0.25, -0.2) is 0 Å². The maximum Gasteiger partial charge on any atom is 0.253 e. The monoisotopic (exact) mass is 372 g/mol.